The van der Waals surface area contributed by atoms with Crippen LogP contribution < -0.4 is 11.1 Å². The SMILES string of the molecule is Cc1cc(C)c(C(=O)NC(C)CC(F)(F)F)cc1N. The van der Waals surface area contributed by atoms with Crippen molar-refractivity contribution in [1.82, 2.24) is 5.32 Å². The molecule has 19 heavy (non-hydrogen) atoms. The predicted octanol–water partition coefficient (Wildman–Crippen LogP) is 2.96. The van der Waals surface area contributed by atoms with Crippen molar-refractivity contribution in [3.63, 3.8) is 0 Å². The van der Waals surface area contributed by atoms with Crippen LogP contribution in [0.2, 0.25) is 0 Å². The van der Waals surface area contributed by atoms with Gasteiger partial charge in [0.2, 0.25) is 0 Å². The monoisotopic (exact) mass is 274 g/mol. The largest absolute Gasteiger partial charge is 0.398 e. The number of nitrogen functional groups attached to an aromatic ring is 1. The van der Waals surface area contributed by atoms with Crippen molar-refractivity contribution in [2.45, 2.75) is 39.4 Å². The maximum absolute atomic E-state index is 12.2. The van der Waals surface area contributed by atoms with Crippen molar-refractivity contribution in [2.24, 2.45) is 0 Å². The first-order valence-electron chi connectivity index (χ1n) is 5.84. The van der Waals surface area contributed by atoms with Crippen LogP contribution in [0.1, 0.15) is 34.8 Å². The van der Waals surface area contributed by atoms with Gasteiger partial charge in [-0.05, 0) is 38.0 Å². The molecule has 0 saturated heterocycles. The van der Waals surface area contributed by atoms with Gasteiger partial charge in [0, 0.05) is 17.3 Å². The maximum Gasteiger partial charge on any atom is 0.391 e. The standard InChI is InChI=1S/C13H17F3N2O/c1-7-4-8(2)11(17)5-10(7)12(19)18-9(3)6-13(14,15)16/h4-5,9H,6,17H2,1-3H3,(H,18,19). The van der Waals surface area contributed by atoms with Crippen molar-refractivity contribution in [1.29, 1.82) is 0 Å². The quantitative estimate of drug-likeness (QED) is 0.833. The minimum absolute atomic E-state index is 0.303. The lowest BCUT2D eigenvalue weighted by molar-refractivity contribution is -0.138. The normalized spacial score (nSPS) is 13.2. The number of carbonyl (C=O) groups excluding carboxylic acids is 1. The summed E-state index contributed by atoms with van der Waals surface area (Å²) in [6.45, 7) is 4.84. The van der Waals surface area contributed by atoms with Gasteiger partial charge in [-0.15, -0.1) is 0 Å². The molecular formula is C13H17F3N2O. The molecule has 0 radical (unpaired) electrons. The fourth-order valence-corrected chi connectivity index (χ4v) is 1.81. The highest BCUT2D eigenvalue weighted by Gasteiger charge is 2.30. The average Bonchev–Trinajstić information content (AvgIpc) is 2.20. The van der Waals surface area contributed by atoms with Gasteiger partial charge in [0.25, 0.3) is 5.91 Å². The lowest BCUT2D eigenvalue weighted by atomic mass is 10.0. The number of anilines is 1. The Morgan fingerprint density at radius 1 is 1.32 bits per heavy atom. The Labute approximate surface area is 110 Å². The van der Waals surface area contributed by atoms with Gasteiger partial charge in [-0.2, -0.15) is 13.2 Å². The first-order valence-corrected chi connectivity index (χ1v) is 5.84. The van der Waals surface area contributed by atoms with Gasteiger partial charge in [0.15, 0.2) is 0 Å². The van der Waals surface area contributed by atoms with Crippen LogP contribution in [0.25, 0.3) is 0 Å². The molecule has 3 N–H and O–H groups in total. The van der Waals surface area contributed by atoms with Crippen molar-refractivity contribution in [3.05, 3.63) is 28.8 Å². The second-order valence-electron chi connectivity index (χ2n) is 4.72. The number of nitrogens with two attached hydrogens (primary N) is 1. The smallest absolute Gasteiger partial charge is 0.391 e. The van der Waals surface area contributed by atoms with Gasteiger partial charge in [0.05, 0.1) is 6.42 Å². The second-order valence-corrected chi connectivity index (χ2v) is 4.72. The van der Waals surface area contributed by atoms with Crippen LogP contribution in [0, 0.1) is 13.8 Å². The van der Waals surface area contributed by atoms with E-state index < -0.39 is 24.5 Å². The molecule has 0 spiro atoms. The van der Waals surface area contributed by atoms with Crippen LogP contribution in [0.5, 0.6) is 0 Å². The van der Waals surface area contributed by atoms with Gasteiger partial charge in [0.1, 0.15) is 0 Å². The van der Waals surface area contributed by atoms with Crippen LogP contribution in [-0.2, 0) is 0 Å². The van der Waals surface area contributed by atoms with Crippen LogP contribution >= 0.6 is 0 Å². The summed E-state index contributed by atoms with van der Waals surface area (Å²) in [6, 6.07) is 2.24. The van der Waals surface area contributed by atoms with Crippen LogP contribution in [0.15, 0.2) is 12.1 Å². The van der Waals surface area contributed by atoms with Crippen molar-refractivity contribution >= 4 is 11.6 Å². The van der Waals surface area contributed by atoms with Crippen LogP contribution in [-0.4, -0.2) is 18.1 Å². The zero-order chi connectivity index (χ0) is 14.8. The molecule has 1 rings (SSSR count). The molecule has 0 aliphatic heterocycles. The third-order valence-corrected chi connectivity index (χ3v) is 2.77. The highest BCUT2D eigenvalue weighted by atomic mass is 19.4. The number of benzene rings is 1. The Kier molecular flexibility index (Phi) is 4.44. The molecule has 6 heteroatoms. The number of carbonyl (C=O) groups is 1. The van der Waals surface area contributed by atoms with Crippen molar-refractivity contribution in [3.8, 4) is 0 Å². The molecule has 0 bridgehead atoms. The Morgan fingerprint density at radius 2 is 1.89 bits per heavy atom. The van der Waals surface area contributed by atoms with E-state index in [1.54, 1.807) is 19.9 Å². The lowest BCUT2D eigenvalue weighted by Gasteiger charge is -2.17. The topological polar surface area (TPSA) is 55.1 Å². The molecule has 0 saturated carbocycles. The number of hydrogen-bond acceptors (Lipinski definition) is 2. The Morgan fingerprint density at radius 3 is 2.42 bits per heavy atom. The van der Waals surface area contributed by atoms with E-state index in [1.165, 1.54) is 13.0 Å². The highest BCUT2D eigenvalue weighted by Crippen LogP contribution is 2.22. The van der Waals surface area contributed by atoms with Gasteiger partial charge >= 0.3 is 6.18 Å². The summed E-state index contributed by atoms with van der Waals surface area (Å²) >= 11 is 0. The summed E-state index contributed by atoms with van der Waals surface area (Å²) in [7, 11) is 0. The summed E-state index contributed by atoms with van der Waals surface area (Å²) in [5, 5.41) is 2.33. The van der Waals surface area contributed by atoms with Crippen LogP contribution in [0.4, 0.5) is 18.9 Å². The fourth-order valence-electron chi connectivity index (χ4n) is 1.81. The molecular weight excluding hydrogens is 257 g/mol. The Balaban J connectivity index is 2.82. The molecule has 1 aromatic carbocycles. The molecule has 1 amide bonds. The molecule has 1 aromatic rings. The van der Waals surface area contributed by atoms with E-state index in [9.17, 15) is 18.0 Å². The van der Waals surface area contributed by atoms with E-state index in [0.717, 1.165) is 5.56 Å². The first kappa shape index (κ1) is 15.3. The number of halogens is 3. The van der Waals surface area contributed by atoms with E-state index in [2.05, 4.69) is 5.32 Å². The van der Waals surface area contributed by atoms with E-state index in [0.29, 0.717) is 16.8 Å². The van der Waals surface area contributed by atoms with E-state index in [-0.39, 0.29) is 0 Å². The summed E-state index contributed by atoms with van der Waals surface area (Å²) in [4.78, 5) is 11.9. The molecule has 0 aliphatic rings. The molecule has 3 nitrogen and oxygen atoms in total. The molecule has 106 valence electrons. The summed E-state index contributed by atoms with van der Waals surface area (Å²) in [5.74, 6) is -0.541. The Bertz CT molecular complexity index is 484. The number of amides is 1. The molecule has 1 unspecified atom stereocenters. The van der Waals surface area contributed by atoms with E-state index >= 15 is 0 Å². The molecule has 0 fully saturated rings. The summed E-state index contributed by atoms with van der Waals surface area (Å²) in [6.07, 6.45) is -5.35. The highest BCUT2D eigenvalue weighted by molar-refractivity contribution is 5.96. The van der Waals surface area contributed by atoms with Gasteiger partial charge < -0.3 is 11.1 Å². The van der Waals surface area contributed by atoms with Crippen molar-refractivity contribution < 1.29 is 18.0 Å². The van der Waals surface area contributed by atoms with Crippen LogP contribution in [0.3, 0.4) is 0 Å². The number of aryl methyl sites for hydroxylation is 2. The summed E-state index contributed by atoms with van der Waals surface area (Å²) < 4.78 is 36.6. The maximum atomic E-state index is 12.2. The molecule has 0 aromatic heterocycles. The number of alkyl halides is 3. The minimum atomic E-state index is -4.30. The number of rotatable bonds is 3. The van der Waals surface area contributed by atoms with Gasteiger partial charge in [-0.3, -0.25) is 4.79 Å². The number of hydrogen-bond donors (Lipinski definition) is 2. The molecule has 1 atom stereocenters. The minimum Gasteiger partial charge on any atom is -0.398 e. The predicted molar refractivity (Wildman–Crippen MR) is 67.9 cm³/mol. The van der Waals surface area contributed by atoms with Gasteiger partial charge in [-0.25, -0.2) is 0 Å². The average molecular weight is 274 g/mol. The van der Waals surface area contributed by atoms with E-state index in [1.807, 2.05) is 0 Å². The molecule has 0 heterocycles. The van der Waals surface area contributed by atoms with Crippen molar-refractivity contribution in [2.75, 3.05) is 5.73 Å². The summed E-state index contributed by atoms with van der Waals surface area (Å²) in [5.41, 5.74) is 7.96. The zero-order valence-corrected chi connectivity index (χ0v) is 11.1. The zero-order valence-electron chi connectivity index (χ0n) is 11.1. The second kappa shape index (κ2) is 5.50. The third-order valence-electron chi connectivity index (χ3n) is 2.77. The number of nitrogens with one attached hydrogen (secondary N) is 1. The third kappa shape index (κ3) is 4.46. The first-order chi connectivity index (χ1) is 8.60. The van der Waals surface area contributed by atoms with E-state index in [4.69, 9.17) is 5.73 Å². The lowest BCUT2D eigenvalue weighted by Crippen LogP contribution is -2.36. The fraction of sp³-hybridized carbons (Fsp3) is 0.462. The Hall–Kier alpha value is -1.72. The molecule has 0 aliphatic carbocycles. The van der Waals surface area contributed by atoms with Gasteiger partial charge in [-0.1, -0.05) is 6.07 Å².